The zero-order chi connectivity index (χ0) is 27.1. The summed E-state index contributed by atoms with van der Waals surface area (Å²) < 4.78 is 0. The molecule has 10 N–H and O–H groups in total. The van der Waals surface area contributed by atoms with Gasteiger partial charge in [0.15, 0.2) is 0 Å². The van der Waals surface area contributed by atoms with E-state index in [9.17, 15) is 28.8 Å². The third kappa shape index (κ3) is 13.9. The van der Waals surface area contributed by atoms with Crippen LogP contribution in [0.15, 0.2) is 0 Å². The Bertz CT molecular complexity index is 759. The van der Waals surface area contributed by atoms with Crippen molar-refractivity contribution < 1.29 is 44.1 Å². The minimum atomic E-state index is -1.72. The van der Waals surface area contributed by atoms with E-state index in [1.54, 1.807) is 13.8 Å². The van der Waals surface area contributed by atoms with E-state index in [1.807, 2.05) is 0 Å². The lowest BCUT2D eigenvalue weighted by atomic mass is 10.0. The number of carbonyl (C=O) groups excluding carboxylic acids is 3. The maximum Gasteiger partial charge on any atom is 0.326 e. The third-order valence-electron chi connectivity index (χ3n) is 4.92. The second-order valence-electron chi connectivity index (χ2n) is 8.57. The first-order valence-electron chi connectivity index (χ1n) is 11.3. The van der Waals surface area contributed by atoms with Gasteiger partial charge < -0.3 is 42.7 Å². The van der Waals surface area contributed by atoms with Crippen molar-refractivity contribution in [1.29, 1.82) is 0 Å². The summed E-state index contributed by atoms with van der Waals surface area (Å²) in [5, 5.41) is 33.9. The molecule has 0 bridgehead atoms. The fraction of sp³-hybridized carbons (Fsp3) is 0.714. The number of rotatable bonds is 18. The zero-order valence-corrected chi connectivity index (χ0v) is 20.0. The summed E-state index contributed by atoms with van der Waals surface area (Å²) in [6.07, 6.45) is -0.0204. The third-order valence-corrected chi connectivity index (χ3v) is 4.92. The lowest BCUT2D eigenvalue weighted by Gasteiger charge is -2.25. The van der Waals surface area contributed by atoms with Crippen LogP contribution >= 0.6 is 0 Å². The molecule has 14 nitrogen and oxygen atoms in total. The van der Waals surface area contributed by atoms with Crippen LogP contribution in [0.4, 0.5) is 0 Å². The van der Waals surface area contributed by atoms with E-state index in [-0.39, 0.29) is 18.8 Å². The van der Waals surface area contributed by atoms with Gasteiger partial charge in [-0.15, -0.1) is 0 Å². The van der Waals surface area contributed by atoms with Crippen molar-refractivity contribution in [3.8, 4) is 0 Å². The van der Waals surface area contributed by atoms with Gasteiger partial charge in [0.25, 0.3) is 0 Å². The average molecular weight is 504 g/mol. The summed E-state index contributed by atoms with van der Waals surface area (Å²) in [5.74, 6) is -6.82. The van der Waals surface area contributed by atoms with Gasteiger partial charge in [-0.3, -0.25) is 24.0 Å². The first kappa shape index (κ1) is 31.7. The van der Waals surface area contributed by atoms with Gasteiger partial charge in [-0.1, -0.05) is 20.3 Å². The largest absolute Gasteiger partial charge is 0.481 e. The Balaban J connectivity index is 5.52. The van der Waals surface area contributed by atoms with Crippen molar-refractivity contribution in [2.45, 2.75) is 83.0 Å². The molecule has 0 heterocycles. The van der Waals surface area contributed by atoms with E-state index in [0.29, 0.717) is 25.8 Å². The van der Waals surface area contributed by atoms with Crippen LogP contribution in [0.3, 0.4) is 0 Å². The molecule has 0 aliphatic heterocycles. The SMILES string of the molecule is CC(C)C[C@H](NC(=O)[C@H](CCC(=O)O)NC(=O)[C@@H](N)CCCCN)C(=O)N[C@@H](CC(=O)O)C(=O)O. The average Bonchev–Trinajstić information content (AvgIpc) is 2.74. The fourth-order valence-electron chi connectivity index (χ4n) is 3.08. The molecule has 200 valence electrons. The molecule has 4 atom stereocenters. The molecule has 0 radical (unpaired) electrons. The lowest BCUT2D eigenvalue weighted by molar-refractivity contribution is -0.147. The van der Waals surface area contributed by atoms with E-state index < -0.39 is 72.6 Å². The number of carboxylic acid groups (broad SMARTS) is 3. The van der Waals surface area contributed by atoms with Crippen LogP contribution in [0.5, 0.6) is 0 Å². The number of nitrogens with two attached hydrogens (primary N) is 2. The van der Waals surface area contributed by atoms with Gasteiger partial charge in [0.2, 0.25) is 17.7 Å². The van der Waals surface area contributed by atoms with Crippen molar-refractivity contribution >= 4 is 35.6 Å². The van der Waals surface area contributed by atoms with Gasteiger partial charge in [0, 0.05) is 6.42 Å². The van der Waals surface area contributed by atoms with Crippen LogP contribution in [0.2, 0.25) is 0 Å². The molecule has 0 aliphatic carbocycles. The second-order valence-corrected chi connectivity index (χ2v) is 8.57. The van der Waals surface area contributed by atoms with E-state index in [1.165, 1.54) is 0 Å². The number of hydrogen-bond acceptors (Lipinski definition) is 8. The van der Waals surface area contributed by atoms with E-state index in [0.717, 1.165) is 0 Å². The molecular formula is C21H37N5O9. The molecule has 0 saturated carbocycles. The molecule has 0 aromatic rings. The molecule has 0 rings (SSSR count). The Morgan fingerprint density at radius 3 is 1.77 bits per heavy atom. The molecule has 0 fully saturated rings. The first-order chi connectivity index (χ1) is 16.3. The zero-order valence-electron chi connectivity index (χ0n) is 20.0. The normalized spacial score (nSPS) is 14.3. The van der Waals surface area contributed by atoms with Crippen molar-refractivity contribution in [3.05, 3.63) is 0 Å². The molecule has 0 aromatic carbocycles. The highest BCUT2D eigenvalue weighted by Gasteiger charge is 2.31. The van der Waals surface area contributed by atoms with Gasteiger partial charge in [0.1, 0.15) is 18.1 Å². The lowest BCUT2D eigenvalue weighted by Crippen LogP contribution is -2.57. The second kappa shape index (κ2) is 16.4. The van der Waals surface area contributed by atoms with Gasteiger partial charge >= 0.3 is 17.9 Å². The molecule has 3 amide bonds. The van der Waals surface area contributed by atoms with E-state index in [2.05, 4.69) is 16.0 Å². The molecular weight excluding hydrogens is 466 g/mol. The molecule has 0 saturated heterocycles. The smallest absolute Gasteiger partial charge is 0.326 e. The number of unbranched alkanes of at least 4 members (excludes halogenated alkanes) is 1. The predicted molar refractivity (Wildman–Crippen MR) is 123 cm³/mol. The Morgan fingerprint density at radius 1 is 0.743 bits per heavy atom. The van der Waals surface area contributed by atoms with Gasteiger partial charge in [-0.25, -0.2) is 4.79 Å². The Kier molecular flexibility index (Phi) is 14.9. The number of aliphatic carboxylic acids is 3. The number of carbonyl (C=O) groups is 6. The fourth-order valence-corrected chi connectivity index (χ4v) is 3.08. The number of amides is 3. The summed E-state index contributed by atoms with van der Waals surface area (Å²) in [5.41, 5.74) is 11.2. The highest BCUT2D eigenvalue weighted by atomic mass is 16.4. The van der Waals surface area contributed by atoms with Crippen LogP contribution in [0.25, 0.3) is 0 Å². The number of nitrogens with one attached hydrogen (secondary N) is 3. The molecule has 0 aromatic heterocycles. The first-order valence-corrected chi connectivity index (χ1v) is 11.3. The quantitative estimate of drug-likeness (QED) is 0.0985. The van der Waals surface area contributed by atoms with Gasteiger partial charge in [-0.05, 0) is 38.1 Å². The predicted octanol–water partition coefficient (Wildman–Crippen LogP) is -1.63. The van der Waals surface area contributed by atoms with Crippen molar-refractivity contribution in [2.24, 2.45) is 17.4 Å². The maximum atomic E-state index is 12.9. The van der Waals surface area contributed by atoms with Gasteiger partial charge in [-0.2, -0.15) is 0 Å². The Hall–Kier alpha value is -3.26. The minimum Gasteiger partial charge on any atom is -0.481 e. The number of carboxylic acids is 3. The standard InChI is InChI=1S/C21H37N5O9/c1-11(2)9-14(20(33)26-15(21(34)35)10-17(29)30)25-19(32)13(6-7-16(27)28)24-18(31)12(23)5-3-4-8-22/h11-15H,3-10,22-23H2,1-2H3,(H,24,31)(H,25,32)(H,26,33)(H,27,28)(H,29,30)(H,34,35)/t12-,13-,14-,15-/m0/s1. The molecule has 0 aliphatic rings. The summed E-state index contributed by atoms with van der Waals surface area (Å²) in [6, 6.07) is -5.26. The molecule has 0 spiro atoms. The summed E-state index contributed by atoms with van der Waals surface area (Å²) in [4.78, 5) is 71.2. The Labute approximate surface area is 203 Å². The highest BCUT2D eigenvalue weighted by Crippen LogP contribution is 2.09. The summed E-state index contributed by atoms with van der Waals surface area (Å²) in [7, 11) is 0. The van der Waals surface area contributed by atoms with Crippen molar-refractivity contribution in [3.63, 3.8) is 0 Å². The maximum absolute atomic E-state index is 12.9. The molecule has 35 heavy (non-hydrogen) atoms. The van der Waals surface area contributed by atoms with E-state index in [4.69, 9.17) is 26.8 Å². The van der Waals surface area contributed by atoms with Crippen LogP contribution in [-0.2, 0) is 28.8 Å². The highest BCUT2D eigenvalue weighted by molar-refractivity contribution is 5.94. The molecule has 14 heteroatoms. The summed E-state index contributed by atoms with van der Waals surface area (Å²) in [6.45, 7) is 3.90. The van der Waals surface area contributed by atoms with Crippen LogP contribution in [0.1, 0.15) is 58.8 Å². The van der Waals surface area contributed by atoms with E-state index >= 15 is 0 Å². The van der Waals surface area contributed by atoms with Gasteiger partial charge in [0.05, 0.1) is 12.5 Å². The Morgan fingerprint density at radius 2 is 1.29 bits per heavy atom. The van der Waals surface area contributed by atoms with Crippen molar-refractivity contribution in [2.75, 3.05) is 6.54 Å². The minimum absolute atomic E-state index is 0.0647. The number of hydrogen-bond donors (Lipinski definition) is 8. The van der Waals surface area contributed by atoms with Crippen LogP contribution < -0.4 is 27.4 Å². The monoisotopic (exact) mass is 503 g/mol. The van der Waals surface area contributed by atoms with Crippen LogP contribution in [-0.4, -0.2) is 81.7 Å². The summed E-state index contributed by atoms with van der Waals surface area (Å²) >= 11 is 0. The molecule has 0 unspecified atom stereocenters. The van der Waals surface area contributed by atoms with Crippen molar-refractivity contribution in [1.82, 2.24) is 16.0 Å². The van der Waals surface area contributed by atoms with Crippen LogP contribution in [0, 0.1) is 5.92 Å². The topological polar surface area (TPSA) is 251 Å².